The molecule has 2 N–H and O–H groups in total. The van der Waals surface area contributed by atoms with Gasteiger partial charge in [-0.25, -0.2) is 4.98 Å². The molecule has 1 aliphatic rings. The van der Waals surface area contributed by atoms with E-state index in [0.717, 1.165) is 31.7 Å². The topological polar surface area (TPSA) is 62.5 Å². The summed E-state index contributed by atoms with van der Waals surface area (Å²) >= 11 is 0. The van der Waals surface area contributed by atoms with E-state index in [1.54, 1.807) is 6.20 Å². The van der Waals surface area contributed by atoms with Gasteiger partial charge in [0.25, 0.3) is 5.91 Å². The van der Waals surface area contributed by atoms with Crippen LogP contribution in [0.5, 0.6) is 0 Å². The van der Waals surface area contributed by atoms with Gasteiger partial charge < -0.3 is 15.5 Å². The summed E-state index contributed by atoms with van der Waals surface area (Å²) < 4.78 is 0. The quantitative estimate of drug-likeness (QED) is 0.909. The van der Waals surface area contributed by atoms with Crippen LogP contribution in [-0.2, 0) is 0 Å². The zero-order chi connectivity index (χ0) is 14.7. The molecule has 22 heavy (non-hydrogen) atoms. The fourth-order valence-corrected chi connectivity index (χ4v) is 2.58. The molecule has 1 saturated heterocycles. The molecule has 0 aromatic carbocycles. The smallest absolute Gasteiger partial charge is 0.255 e. The summed E-state index contributed by atoms with van der Waals surface area (Å²) in [6.07, 6.45) is 3.80. The number of pyridine rings is 1. The number of halogens is 2. The highest BCUT2D eigenvalue weighted by Gasteiger charge is 2.26. The molecule has 2 rings (SSSR count). The maximum Gasteiger partial charge on any atom is 0.255 e. The van der Waals surface area contributed by atoms with Crippen molar-refractivity contribution in [1.29, 1.82) is 0 Å². The van der Waals surface area contributed by atoms with Gasteiger partial charge in [0.1, 0.15) is 5.82 Å². The lowest BCUT2D eigenvalue weighted by Crippen LogP contribution is -2.45. The minimum Gasteiger partial charge on any atom is -0.363 e. The van der Waals surface area contributed by atoms with Crippen LogP contribution in [0.15, 0.2) is 18.3 Å². The highest BCUT2D eigenvalue weighted by atomic mass is 35.5. The lowest BCUT2D eigenvalue weighted by molar-refractivity contribution is 0.0660. The molecule has 2 unspecified atom stereocenters. The van der Waals surface area contributed by atoms with Gasteiger partial charge in [0, 0.05) is 39.4 Å². The van der Waals surface area contributed by atoms with E-state index in [-0.39, 0.29) is 36.8 Å². The largest absolute Gasteiger partial charge is 0.363 e. The number of piperidine rings is 1. The monoisotopic (exact) mass is 348 g/mol. The third-order valence-electron chi connectivity index (χ3n) is 3.94. The number of nitrogens with zero attached hydrogens (tertiary/aromatic N) is 3. The number of anilines is 1. The summed E-state index contributed by atoms with van der Waals surface area (Å²) in [6.45, 7) is 3.59. The molecule has 126 valence electrons. The van der Waals surface area contributed by atoms with Gasteiger partial charge in [-0.1, -0.05) is 0 Å². The number of aromatic nitrogens is 1. The molecule has 1 aliphatic heterocycles. The molecule has 0 bridgehead atoms. The summed E-state index contributed by atoms with van der Waals surface area (Å²) in [5.41, 5.74) is 6.62. The molecule has 1 aromatic rings. The first kappa shape index (κ1) is 21.0. The second-order valence-electron chi connectivity index (χ2n) is 5.81. The standard InChI is InChI=1S/C15H24N4O.2ClH/c1-11(16)13-5-4-8-19(10-13)15(20)12-6-7-14(17-9-12)18(2)3;;/h6-7,9,11,13H,4-5,8,10,16H2,1-3H3;2*1H. The van der Waals surface area contributed by atoms with Gasteiger partial charge in [-0.2, -0.15) is 0 Å². The van der Waals surface area contributed by atoms with E-state index in [9.17, 15) is 4.79 Å². The Morgan fingerprint density at radius 3 is 2.59 bits per heavy atom. The van der Waals surface area contributed by atoms with Crippen molar-refractivity contribution in [3.8, 4) is 0 Å². The first-order chi connectivity index (χ1) is 9.49. The zero-order valence-electron chi connectivity index (χ0n) is 13.4. The Hall–Kier alpha value is -1.04. The average molecular weight is 349 g/mol. The van der Waals surface area contributed by atoms with E-state index < -0.39 is 0 Å². The zero-order valence-corrected chi connectivity index (χ0v) is 15.0. The summed E-state index contributed by atoms with van der Waals surface area (Å²) in [4.78, 5) is 20.6. The second kappa shape index (κ2) is 9.18. The summed E-state index contributed by atoms with van der Waals surface area (Å²) in [5, 5.41) is 0. The Morgan fingerprint density at radius 1 is 1.41 bits per heavy atom. The van der Waals surface area contributed by atoms with E-state index in [1.807, 2.05) is 43.0 Å². The van der Waals surface area contributed by atoms with Crippen LogP contribution in [-0.4, -0.2) is 49.0 Å². The van der Waals surface area contributed by atoms with Crippen LogP contribution in [0.2, 0.25) is 0 Å². The molecule has 2 atom stereocenters. The van der Waals surface area contributed by atoms with Crippen molar-refractivity contribution < 1.29 is 4.79 Å². The Morgan fingerprint density at radius 2 is 2.09 bits per heavy atom. The number of hydrogen-bond donors (Lipinski definition) is 1. The first-order valence-corrected chi connectivity index (χ1v) is 7.17. The van der Waals surface area contributed by atoms with Gasteiger partial charge in [0.15, 0.2) is 0 Å². The number of nitrogens with two attached hydrogens (primary N) is 1. The van der Waals surface area contributed by atoms with Crippen LogP contribution in [0.4, 0.5) is 5.82 Å². The van der Waals surface area contributed by atoms with Crippen molar-refractivity contribution in [2.75, 3.05) is 32.1 Å². The lowest BCUT2D eigenvalue weighted by Gasteiger charge is -2.34. The van der Waals surface area contributed by atoms with E-state index >= 15 is 0 Å². The number of amides is 1. The minimum absolute atomic E-state index is 0. The van der Waals surface area contributed by atoms with Crippen LogP contribution in [0.1, 0.15) is 30.1 Å². The van der Waals surface area contributed by atoms with E-state index in [2.05, 4.69) is 4.98 Å². The van der Waals surface area contributed by atoms with Crippen molar-refractivity contribution in [2.45, 2.75) is 25.8 Å². The predicted octanol–water partition coefficient (Wildman–Crippen LogP) is 2.19. The van der Waals surface area contributed by atoms with Gasteiger partial charge in [0.05, 0.1) is 5.56 Å². The third-order valence-corrected chi connectivity index (χ3v) is 3.94. The number of likely N-dealkylation sites (tertiary alicyclic amines) is 1. The molecule has 2 heterocycles. The molecule has 7 heteroatoms. The van der Waals surface area contributed by atoms with Gasteiger partial charge >= 0.3 is 0 Å². The normalized spacial score (nSPS) is 18.7. The molecule has 0 aliphatic carbocycles. The van der Waals surface area contributed by atoms with Crippen molar-refractivity contribution in [1.82, 2.24) is 9.88 Å². The summed E-state index contributed by atoms with van der Waals surface area (Å²) in [6, 6.07) is 3.86. The lowest BCUT2D eigenvalue weighted by atomic mass is 9.92. The fourth-order valence-electron chi connectivity index (χ4n) is 2.58. The summed E-state index contributed by atoms with van der Waals surface area (Å²) in [5.74, 6) is 1.32. The molecule has 0 radical (unpaired) electrons. The predicted molar refractivity (Wildman–Crippen MR) is 95.3 cm³/mol. The molecule has 1 aromatic heterocycles. The molecule has 1 amide bonds. The van der Waals surface area contributed by atoms with E-state index in [1.165, 1.54) is 0 Å². The molecule has 1 fully saturated rings. The number of carbonyl (C=O) groups is 1. The molecular weight excluding hydrogens is 323 g/mol. The van der Waals surface area contributed by atoms with Crippen LogP contribution >= 0.6 is 24.8 Å². The van der Waals surface area contributed by atoms with Crippen LogP contribution in [0, 0.1) is 5.92 Å². The van der Waals surface area contributed by atoms with Crippen molar-refractivity contribution >= 4 is 36.5 Å². The Labute approximate surface area is 145 Å². The van der Waals surface area contributed by atoms with Crippen LogP contribution in [0.25, 0.3) is 0 Å². The van der Waals surface area contributed by atoms with Gasteiger partial charge in [0.2, 0.25) is 0 Å². The number of carbonyl (C=O) groups excluding carboxylic acids is 1. The van der Waals surface area contributed by atoms with Crippen molar-refractivity contribution in [2.24, 2.45) is 11.7 Å². The number of hydrogen-bond acceptors (Lipinski definition) is 4. The highest BCUT2D eigenvalue weighted by Crippen LogP contribution is 2.20. The number of rotatable bonds is 3. The Kier molecular flexibility index (Phi) is 8.74. The van der Waals surface area contributed by atoms with Crippen molar-refractivity contribution in [3.63, 3.8) is 0 Å². The van der Waals surface area contributed by atoms with Crippen molar-refractivity contribution in [3.05, 3.63) is 23.9 Å². The van der Waals surface area contributed by atoms with E-state index in [4.69, 9.17) is 5.73 Å². The van der Waals surface area contributed by atoms with Gasteiger partial charge in [-0.05, 0) is 37.8 Å². The Bertz CT molecular complexity index is 465. The Balaban J connectivity index is 0.00000220. The maximum atomic E-state index is 12.5. The highest BCUT2D eigenvalue weighted by molar-refractivity contribution is 5.94. The maximum absolute atomic E-state index is 12.5. The SMILES string of the molecule is CC(N)C1CCCN(C(=O)c2ccc(N(C)C)nc2)C1.Cl.Cl. The summed E-state index contributed by atoms with van der Waals surface area (Å²) in [7, 11) is 3.86. The van der Waals surface area contributed by atoms with Crippen LogP contribution in [0.3, 0.4) is 0 Å². The minimum atomic E-state index is 0. The first-order valence-electron chi connectivity index (χ1n) is 7.17. The fraction of sp³-hybridized carbons (Fsp3) is 0.600. The van der Waals surface area contributed by atoms with Gasteiger partial charge in [-0.3, -0.25) is 4.79 Å². The van der Waals surface area contributed by atoms with E-state index in [0.29, 0.717) is 11.5 Å². The average Bonchev–Trinajstić information content (AvgIpc) is 2.46. The molecule has 5 nitrogen and oxygen atoms in total. The molecular formula is C15H26Cl2N4O. The molecule has 0 saturated carbocycles. The second-order valence-corrected chi connectivity index (χ2v) is 5.81. The third kappa shape index (κ3) is 5.00. The van der Waals surface area contributed by atoms with Crippen LogP contribution < -0.4 is 10.6 Å². The molecule has 0 spiro atoms. The van der Waals surface area contributed by atoms with Gasteiger partial charge in [-0.15, -0.1) is 24.8 Å².